The minimum Gasteiger partial charge on any atom is -0.468 e. The Balaban J connectivity index is 2.15. The molecule has 2 N–H and O–H groups in total. The van der Waals surface area contributed by atoms with E-state index in [9.17, 15) is 5.11 Å². The summed E-state index contributed by atoms with van der Waals surface area (Å²) in [5, 5.41) is 13.1. The summed E-state index contributed by atoms with van der Waals surface area (Å²) in [6.45, 7) is 9.26. The van der Waals surface area contributed by atoms with Gasteiger partial charge in [0.25, 0.3) is 0 Å². The van der Waals surface area contributed by atoms with Crippen molar-refractivity contribution in [3.8, 4) is 0 Å². The van der Waals surface area contributed by atoms with Crippen LogP contribution in [0.2, 0.25) is 0 Å². The van der Waals surface area contributed by atoms with E-state index in [1.165, 1.54) is 0 Å². The summed E-state index contributed by atoms with van der Waals surface area (Å²) < 4.78 is 10.9. The highest BCUT2D eigenvalue weighted by atomic mass is 16.5. The predicted molar refractivity (Wildman–Crippen MR) is 76.0 cm³/mol. The van der Waals surface area contributed by atoms with Gasteiger partial charge >= 0.3 is 0 Å². The molecular formula is C15H27NO3. The molecule has 1 rings (SSSR count). The number of hydrogen-bond donors (Lipinski definition) is 2. The molecule has 0 bridgehead atoms. The minimum atomic E-state index is -0.493. The van der Waals surface area contributed by atoms with Gasteiger partial charge in [-0.15, -0.1) is 0 Å². The number of aliphatic hydroxyl groups excluding tert-OH is 1. The van der Waals surface area contributed by atoms with Crippen molar-refractivity contribution in [2.24, 2.45) is 5.92 Å². The molecule has 0 amide bonds. The predicted octanol–water partition coefficient (Wildman–Crippen LogP) is 2.74. The first-order valence-corrected chi connectivity index (χ1v) is 7.05. The van der Waals surface area contributed by atoms with Crippen LogP contribution in [0.15, 0.2) is 22.8 Å². The standard InChI is InChI=1S/C15H27NO3/c1-11(2)8-12(3)19-10-14(17)9-16-13(4)15-6-5-7-18-15/h5-7,11-14,16-17H,8-10H2,1-4H3/t12?,13-,14?/m0/s1. The Hall–Kier alpha value is -0.840. The van der Waals surface area contributed by atoms with Crippen molar-refractivity contribution in [1.82, 2.24) is 5.32 Å². The maximum atomic E-state index is 9.86. The second-order valence-corrected chi connectivity index (χ2v) is 5.57. The lowest BCUT2D eigenvalue weighted by atomic mass is 10.1. The fourth-order valence-electron chi connectivity index (χ4n) is 2.02. The lowest BCUT2D eigenvalue weighted by Gasteiger charge is -2.19. The summed E-state index contributed by atoms with van der Waals surface area (Å²) in [6.07, 6.45) is 2.37. The van der Waals surface area contributed by atoms with Gasteiger partial charge in [0.05, 0.1) is 31.1 Å². The molecule has 0 aliphatic heterocycles. The first-order valence-electron chi connectivity index (χ1n) is 7.05. The largest absolute Gasteiger partial charge is 0.468 e. The first-order chi connectivity index (χ1) is 8.99. The Morgan fingerprint density at radius 3 is 2.63 bits per heavy atom. The zero-order valence-electron chi connectivity index (χ0n) is 12.4. The summed E-state index contributed by atoms with van der Waals surface area (Å²) in [5.74, 6) is 1.49. The molecule has 0 fully saturated rings. The molecule has 0 aliphatic carbocycles. The van der Waals surface area contributed by atoms with Crippen molar-refractivity contribution < 1.29 is 14.3 Å². The Kier molecular flexibility index (Phi) is 7.13. The van der Waals surface area contributed by atoms with Crippen LogP contribution >= 0.6 is 0 Å². The normalized spacial score (nSPS) is 16.5. The lowest BCUT2D eigenvalue weighted by Crippen LogP contribution is -2.33. The van der Waals surface area contributed by atoms with Crippen LogP contribution in [0.1, 0.15) is 45.9 Å². The van der Waals surface area contributed by atoms with E-state index in [4.69, 9.17) is 9.15 Å². The lowest BCUT2D eigenvalue weighted by molar-refractivity contribution is -0.00930. The summed E-state index contributed by atoms with van der Waals surface area (Å²) >= 11 is 0. The molecule has 0 radical (unpaired) electrons. The van der Waals surface area contributed by atoms with E-state index < -0.39 is 6.10 Å². The van der Waals surface area contributed by atoms with E-state index in [1.807, 2.05) is 26.0 Å². The number of aliphatic hydroxyl groups is 1. The van der Waals surface area contributed by atoms with E-state index in [-0.39, 0.29) is 12.1 Å². The van der Waals surface area contributed by atoms with Gasteiger partial charge in [-0.05, 0) is 38.3 Å². The van der Waals surface area contributed by atoms with E-state index in [2.05, 4.69) is 19.2 Å². The van der Waals surface area contributed by atoms with Crippen LogP contribution in [0.25, 0.3) is 0 Å². The molecule has 4 nitrogen and oxygen atoms in total. The summed E-state index contributed by atoms with van der Waals surface area (Å²) in [5.41, 5.74) is 0. The van der Waals surface area contributed by atoms with Crippen LogP contribution < -0.4 is 5.32 Å². The third kappa shape index (κ3) is 6.76. The SMILES string of the molecule is CC(C)CC(C)OCC(O)CN[C@@H](C)c1ccco1. The highest BCUT2D eigenvalue weighted by Gasteiger charge is 2.12. The molecule has 0 aliphatic rings. The zero-order valence-corrected chi connectivity index (χ0v) is 12.4. The Morgan fingerprint density at radius 1 is 1.32 bits per heavy atom. The average molecular weight is 269 g/mol. The molecule has 19 heavy (non-hydrogen) atoms. The van der Waals surface area contributed by atoms with Crippen molar-refractivity contribution in [3.05, 3.63) is 24.2 Å². The summed E-state index contributed by atoms with van der Waals surface area (Å²) in [7, 11) is 0. The summed E-state index contributed by atoms with van der Waals surface area (Å²) in [6, 6.07) is 3.88. The van der Waals surface area contributed by atoms with Crippen molar-refractivity contribution in [2.45, 2.75) is 52.4 Å². The average Bonchev–Trinajstić information content (AvgIpc) is 2.86. The van der Waals surface area contributed by atoms with Gasteiger partial charge in [-0.2, -0.15) is 0 Å². The molecule has 3 atom stereocenters. The van der Waals surface area contributed by atoms with E-state index in [0.717, 1.165) is 12.2 Å². The molecule has 0 spiro atoms. The van der Waals surface area contributed by atoms with E-state index >= 15 is 0 Å². The molecule has 0 aromatic carbocycles. The Labute approximate surface area is 116 Å². The fraction of sp³-hybridized carbons (Fsp3) is 0.733. The number of hydrogen-bond acceptors (Lipinski definition) is 4. The third-order valence-corrected chi connectivity index (χ3v) is 3.01. The molecule has 110 valence electrons. The number of ether oxygens (including phenoxy) is 1. The number of nitrogens with one attached hydrogen (secondary N) is 1. The fourth-order valence-corrected chi connectivity index (χ4v) is 2.02. The third-order valence-electron chi connectivity index (χ3n) is 3.01. The zero-order chi connectivity index (χ0) is 14.3. The van der Waals surface area contributed by atoms with Crippen molar-refractivity contribution in [3.63, 3.8) is 0 Å². The molecule has 0 saturated heterocycles. The van der Waals surface area contributed by atoms with Gasteiger partial charge in [0.1, 0.15) is 5.76 Å². The Morgan fingerprint density at radius 2 is 2.05 bits per heavy atom. The maximum absolute atomic E-state index is 9.86. The van der Waals surface area contributed by atoms with Crippen LogP contribution in [0.4, 0.5) is 0 Å². The van der Waals surface area contributed by atoms with Crippen LogP contribution in [-0.2, 0) is 4.74 Å². The van der Waals surface area contributed by atoms with Crippen LogP contribution in [0, 0.1) is 5.92 Å². The smallest absolute Gasteiger partial charge is 0.120 e. The molecule has 1 heterocycles. The van der Waals surface area contributed by atoms with E-state index in [1.54, 1.807) is 6.26 Å². The van der Waals surface area contributed by atoms with Crippen molar-refractivity contribution >= 4 is 0 Å². The molecule has 1 aromatic heterocycles. The summed E-state index contributed by atoms with van der Waals surface area (Å²) in [4.78, 5) is 0. The second kappa shape index (κ2) is 8.35. The molecule has 2 unspecified atom stereocenters. The monoisotopic (exact) mass is 269 g/mol. The molecule has 4 heteroatoms. The van der Waals surface area contributed by atoms with E-state index in [0.29, 0.717) is 19.1 Å². The maximum Gasteiger partial charge on any atom is 0.120 e. The highest BCUT2D eigenvalue weighted by molar-refractivity contribution is 5.02. The van der Waals surface area contributed by atoms with Gasteiger partial charge in [0, 0.05) is 6.54 Å². The highest BCUT2D eigenvalue weighted by Crippen LogP contribution is 2.12. The van der Waals surface area contributed by atoms with Crippen molar-refractivity contribution in [2.75, 3.05) is 13.2 Å². The second-order valence-electron chi connectivity index (χ2n) is 5.57. The molecule has 1 aromatic rings. The molecular weight excluding hydrogens is 242 g/mol. The van der Waals surface area contributed by atoms with Crippen molar-refractivity contribution in [1.29, 1.82) is 0 Å². The van der Waals surface area contributed by atoms with Gasteiger partial charge in [-0.3, -0.25) is 0 Å². The minimum absolute atomic E-state index is 0.0951. The van der Waals surface area contributed by atoms with Crippen LogP contribution in [0.3, 0.4) is 0 Å². The quantitative estimate of drug-likeness (QED) is 0.724. The van der Waals surface area contributed by atoms with Crippen LogP contribution in [-0.4, -0.2) is 30.5 Å². The first kappa shape index (κ1) is 16.2. The van der Waals surface area contributed by atoms with Gasteiger partial charge in [0.15, 0.2) is 0 Å². The van der Waals surface area contributed by atoms with Gasteiger partial charge in [-0.25, -0.2) is 0 Å². The van der Waals surface area contributed by atoms with Gasteiger partial charge < -0.3 is 19.6 Å². The topological polar surface area (TPSA) is 54.6 Å². The molecule has 0 saturated carbocycles. The Bertz CT molecular complexity index is 324. The number of furan rings is 1. The van der Waals surface area contributed by atoms with Crippen LogP contribution in [0.5, 0.6) is 0 Å². The van der Waals surface area contributed by atoms with Gasteiger partial charge in [0.2, 0.25) is 0 Å². The number of rotatable bonds is 9. The van der Waals surface area contributed by atoms with Gasteiger partial charge in [-0.1, -0.05) is 13.8 Å².